The maximum absolute atomic E-state index is 6.07. The van der Waals surface area contributed by atoms with E-state index in [4.69, 9.17) is 4.74 Å². The zero-order valence-corrected chi connectivity index (χ0v) is 16.6. The Bertz CT molecular complexity index is 1120. The normalized spacial score (nSPS) is 14.0. The minimum atomic E-state index is 0.602. The molecule has 0 spiro atoms. The summed E-state index contributed by atoms with van der Waals surface area (Å²) in [5.74, 6) is 3.40. The lowest BCUT2D eigenvalue weighted by molar-refractivity contribution is 0.468. The summed E-state index contributed by atoms with van der Waals surface area (Å²) >= 11 is 1.69. The van der Waals surface area contributed by atoms with Crippen LogP contribution in [0.1, 0.15) is 36.9 Å². The molecular weight excluding hydrogens is 370 g/mol. The predicted octanol–water partition coefficient (Wildman–Crippen LogP) is 5.03. The Hall–Kier alpha value is -2.80. The van der Waals surface area contributed by atoms with Crippen LogP contribution in [-0.2, 0) is 19.4 Å². The van der Waals surface area contributed by atoms with E-state index in [1.807, 2.05) is 24.3 Å². The van der Waals surface area contributed by atoms with Crippen LogP contribution >= 0.6 is 11.3 Å². The molecular formula is C21H21N5OS. The van der Waals surface area contributed by atoms with Gasteiger partial charge < -0.3 is 9.30 Å². The quantitative estimate of drug-likeness (QED) is 0.488. The van der Waals surface area contributed by atoms with E-state index in [2.05, 4.69) is 37.7 Å². The van der Waals surface area contributed by atoms with Gasteiger partial charge in [0, 0.05) is 23.4 Å². The monoisotopic (exact) mass is 391 g/mol. The fraction of sp³-hybridized carbons (Fsp3) is 0.333. The van der Waals surface area contributed by atoms with Gasteiger partial charge in [-0.1, -0.05) is 13.3 Å². The third-order valence-corrected chi connectivity index (χ3v) is 6.32. The number of rotatable bonds is 4. The van der Waals surface area contributed by atoms with Gasteiger partial charge in [0.1, 0.15) is 22.7 Å². The molecule has 28 heavy (non-hydrogen) atoms. The molecule has 0 aliphatic carbocycles. The molecule has 0 radical (unpaired) electrons. The lowest BCUT2D eigenvalue weighted by Crippen LogP contribution is -2.02. The summed E-state index contributed by atoms with van der Waals surface area (Å²) in [4.78, 5) is 10.9. The molecule has 0 atom stereocenters. The average Bonchev–Trinajstić information content (AvgIpc) is 3.26. The molecule has 0 fully saturated rings. The molecule has 0 bridgehead atoms. The molecule has 5 rings (SSSR count). The highest BCUT2D eigenvalue weighted by atomic mass is 32.1. The molecule has 4 aromatic rings. The van der Waals surface area contributed by atoms with Gasteiger partial charge in [-0.25, -0.2) is 9.97 Å². The van der Waals surface area contributed by atoms with Crippen LogP contribution < -0.4 is 4.74 Å². The molecule has 0 amide bonds. The van der Waals surface area contributed by atoms with Crippen LogP contribution in [0.25, 0.3) is 21.6 Å². The Labute approximate surface area is 167 Å². The number of ether oxygens (including phenoxy) is 1. The summed E-state index contributed by atoms with van der Waals surface area (Å²) in [5.41, 5.74) is 1.06. The minimum absolute atomic E-state index is 0.602. The highest BCUT2D eigenvalue weighted by Gasteiger charge is 2.16. The van der Waals surface area contributed by atoms with E-state index < -0.39 is 0 Å². The zero-order chi connectivity index (χ0) is 18.9. The second-order valence-electron chi connectivity index (χ2n) is 6.99. The van der Waals surface area contributed by atoms with E-state index in [-0.39, 0.29) is 0 Å². The van der Waals surface area contributed by atoms with Gasteiger partial charge in [-0.2, -0.15) is 0 Å². The van der Waals surface area contributed by atoms with Crippen molar-refractivity contribution < 1.29 is 4.74 Å². The van der Waals surface area contributed by atoms with Gasteiger partial charge in [-0.15, -0.1) is 21.5 Å². The van der Waals surface area contributed by atoms with Crippen molar-refractivity contribution >= 4 is 21.6 Å². The Morgan fingerprint density at radius 3 is 2.82 bits per heavy atom. The van der Waals surface area contributed by atoms with Crippen LogP contribution in [0.2, 0.25) is 0 Å². The molecule has 1 aliphatic heterocycles. The van der Waals surface area contributed by atoms with Gasteiger partial charge in [0.15, 0.2) is 5.82 Å². The minimum Gasteiger partial charge on any atom is -0.438 e. The van der Waals surface area contributed by atoms with Crippen molar-refractivity contribution in [2.75, 3.05) is 0 Å². The molecule has 0 N–H and O–H groups in total. The Kier molecular flexibility index (Phi) is 4.52. The number of aromatic nitrogens is 5. The van der Waals surface area contributed by atoms with Crippen molar-refractivity contribution in [1.82, 2.24) is 24.7 Å². The topological polar surface area (TPSA) is 65.7 Å². The van der Waals surface area contributed by atoms with Crippen molar-refractivity contribution in [3.8, 4) is 23.0 Å². The standard InChI is InChI=1S/C21H21N5OS/c1-2-16-12-17-20(22-13-23-21(17)28-16)27-15-9-7-14(8-10-15)19-25-24-18-6-4-3-5-11-26(18)19/h7-10,12-13H,2-6,11H2,1H3. The van der Waals surface area contributed by atoms with Gasteiger partial charge in [0.2, 0.25) is 5.88 Å². The molecule has 1 aromatic carbocycles. The first-order chi connectivity index (χ1) is 13.8. The summed E-state index contributed by atoms with van der Waals surface area (Å²) in [6, 6.07) is 10.1. The van der Waals surface area contributed by atoms with Gasteiger partial charge >= 0.3 is 0 Å². The first kappa shape index (κ1) is 17.3. The van der Waals surface area contributed by atoms with Gasteiger partial charge in [-0.3, -0.25) is 0 Å². The van der Waals surface area contributed by atoms with Gasteiger partial charge in [0.25, 0.3) is 0 Å². The molecule has 0 saturated heterocycles. The molecule has 7 heteroatoms. The smallest absolute Gasteiger partial charge is 0.231 e. The highest BCUT2D eigenvalue weighted by Crippen LogP contribution is 2.33. The summed E-state index contributed by atoms with van der Waals surface area (Å²) < 4.78 is 8.33. The number of hydrogen-bond donors (Lipinski definition) is 0. The summed E-state index contributed by atoms with van der Waals surface area (Å²) in [5, 5.41) is 9.79. The van der Waals surface area contributed by atoms with E-state index in [1.54, 1.807) is 17.7 Å². The van der Waals surface area contributed by atoms with E-state index in [0.29, 0.717) is 5.88 Å². The number of thiophene rings is 1. The first-order valence-electron chi connectivity index (χ1n) is 9.75. The number of fused-ring (bicyclic) bond motifs is 2. The van der Waals surface area contributed by atoms with E-state index in [1.165, 1.54) is 24.1 Å². The predicted molar refractivity (Wildman–Crippen MR) is 110 cm³/mol. The molecule has 4 heterocycles. The lowest BCUT2D eigenvalue weighted by Gasteiger charge is -2.08. The van der Waals surface area contributed by atoms with Crippen LogP contribution in [0.5, 0.6) is 11.6 Å². The third-order valence-electron chi connectivity index (χ3n) is 5.13. The average molecular weight is 392 g/mol. The van der Waals surface area contributed by atoms with Crippen LogP contribution in [0.3, 0.4) is 0 Å². The van der Waals surface area contributed by atoms with Crippen molar-refractivity contribution in [2.24, 2.45) is 0 Å². The fourth-order valence-corrected chi connectivity index (χ4v) is 4.55. The van der Waals surface area contributed by atoms with Crippen molar-refractivity contribution in [1.29, 1.82) is 0 Å². The van der Waals surface area contributed by atoms with Crippen molar-refractivity contribution in [3.05, 3.63) is 47.4 Å². The Morgan fingerprint density at radius 1 is 1.07 bits per heavy atom. The fourth-order valence-electron chi connectivity index (χ4n) is 3.62. The summed E-state index contributed by atoms with van der Waals surface area (Å²) in [7, 11) is 0. The summed E-state index contributed by atoms with van der Waals surface area (Å²) in [6.07, 6.45) is 7.19. The Balaban J connectivity index is 1.42. The molecule has 0 saturated carbocycles. The maximum Gasteiger partial charge on any atom is 0.231 e. The van der Waals surface area contributed by atoms with Crippen LogP contribution in [0.15, 0.2) is 36.7 Å². The molecule has 0 unspecified atom stereocenters. The van der Waals surface area contributed by atoms with Crippen LogP contribution in [0.4, 0.5) is 0 Å². The largest absolute Gasteiger partial charge is 0.438 e. The van der Waals surface area contributed by atoms with E-state index in [9.17, 15) is 0 Å². The molecule has 6 nitrogen and oxygen atoms in total. The lowest BCUT2D eigenvalue weighted by atomic mass is 10.2. The second-order valence-corrected chi connectivity index (χ2v) is 8.11. The number of aryl methyl sites for hydroxylation is 2. The highest BCUT2D eigenvalue weighted by molar-refractivity contribution is 7.18. The Morgan fingerprint density at radius 2 is 1.96 bits per heavy atom. The van der Waals surface area contributed by atoms with Gasteiger partial charge in [0.05, 0.1) is 5.39 Å². The third kappa shape index (κ3) is 3.16. The van der Waals surface area contributed by atoms with E-state index >= 15 is 0 Å². The van der Waals surface area contributed by atoms with Crippen LogP contribution in [0, 0.1) is 0 Å². The zero-order valence-electron chi connectivity index (χ0n) is 15.8. The van der Waals surface area contributed by atoms with Gasteiger partial charge in [-0.05, 0) is 49.6 Å². The number of benzene rings is 1. The van der Waals surface area contributed by atoms with Crippen molar-refractivity contribution in [2.45, 2.75) is 45.6 Å². The molecule has 3 aromatic heterocycles. The summed E-state index contributed by atoms with van der Waals surface area (Å²) in [6.45, 7) is 3.13. The maximum atomic E-state index is 6.07. The molecule has 142 valence electrons. The molecule has 1 aliphatic rings. The van der Waals surface area contributed by atoms with E-state index in [0.717, 1.165) is 52.6 Å². The second kappa shape index (κ2) is 7.31. The first-order valence-corrected chi connectivity index (χ1v) is 10.6. The van der Waals surface area contributed by atoms with Crippen molar-refractivity contribution in [3.63, 3.8) is 0 Å². The SMILES string of the molecule is CCc1cc2c(Oc3ccc(-c4nnc5n4CCCCC5)cc3)ncnc2s1. The number of nitrogens with zero attached hydrogens (tertiary/aromatic N) is 5. The number of hydrogen-bond acceptors (Lipinski definition) is 6. The van der Waals surface area contributed by atoms with Crippen LogP contribution in [-0.4, -0.2) is 24.7 Å².